The van der Waals surface area contributed by atoms with Crippen molar-refractivity contribution in [3.8, 4) is 0 Å². The lowest BCUT2D eigenvalue weighted by molar-refractivity contribution is -0.116. The Morgan fingerprint density at radius 3 is 2.65 bits per heavy atom. The Morgan fingerprint density at radius 1 is 1.45 bits per heavy atom. The van der Waals surface area contributed by atoms with Gasteiger partial charge in [-0.1, -0.05) is 18.5 Å². The van der Waals surface area contributed by atoms with Crippen LogP contribution in [0.2, 0.25) is 0 Å². The quantitative estimate of drug-likeness (QED) is 0.783. The van der Waals surface area contributed by atoms with Crippen LogP contribution >= 0.6 is 0 Å². The first-order valence-corrected chi connectivity index (χ1v) is 8.21. The molecule has 1 heterocycles. The van der Waals surface area contributed by atoms with E-state index in [9.17, 15) is 13.2 Å². The maximum atomic E-state index is 11.9. The third-order valence-electron chi connectivity index (χ3n) is 2.73. The number of aromatic nitrogens is 1. The minimum absolute atomic E-state index is 0.0208. The Kier molecular flexibility index (Phi) is 6.15. The highest BCUT2D eigenvalue weighted by molar-refractivity contribution is 7.89. The lowest BCUT2D eigenvalue weighted by Crippen LogP contribution is -2.39. The molecule has 0 aliphatic carbocycles. The molecule has 114 valence electrons. The topological polar surface area (TPSA) is 92.5 Å². The number of rotatable bonds is 8. The summed E-state index contributed by atoms with van der Waals surface area (Å²) in [5.41, 5.74) is 0. The summed E-state index contributed by atoms with van der Waals surface area (Å²) in [7, 11) is -3.39. The fourth-order valence-electron chi connectivity index (χ4n) is 1.60. The van der Waals surface area contributed by atoms with Crippen LogP contribution in [-0.2, 0) is 14.8 Å². The van der Waals surface area contributed by atoms with Crippen molar-refractivity contribution in [2.75, 3.05) is 24.2 Å². The molecule has 0 saturated carbocycles. The summed E-state index contributed by atoms with van der Waals surface area (Å²) in [4.78, 5) is 11.9. The second kappa shape index (κ2) is 7.39. The second-order valence-corrected chi connectivity index (χ2v) is 6.72. The van der Waals surface area contributed by atoms with Gasteiger partial charge in [0, 0.05) is 12.6 Å². The highest BCUT2D eigenvalue weighted by atomic mass is 32.2. The van der Waals surface area contributed by atoms with Gasteiger partial charge in [-0.2, -0.15) is 4.31 Å². The van der Waals surface area contributed by atoms with Crippen LogP contribution in [0.4, 0.5) is 5.82 Å². The van der Waals surface area contributed by atoms with E-state index in [2.05, 4.69) is 10.5 Å². The molecule has 1 aromatic rings. The lowest BCUT2D eigenvalue weighted by Gasteiger charge is -2.20. The molecule has 7 nitrogen and oxygen atoms in total. The molecular formula is C12H21N3O4S. The van der Waals surface area contributed by atoms with Crippen LogP contribution in [0.5, 0.6) is 0 Å². The van der Waals surface area contributed by atoms with Gasteiger partial charge in [0.1, 0.15) is 5.76 Å². The van der Waals surface area contributed by atoms with Gasteiger partial charge in [-0.3, -0.25) is 4.79 Å². The molecule has 0 bridgehead atoms. The zero-order chi connectivity index (χ0) is 15.2. The first-order chi connectivity index (χ1) is 9.39. The maximum Gasteiger partial charge on any atom is 0.240 e. The van der Waals surface area contributed by atoms with Gasteiger partial charge >= 0.3 is 0 Å². The number of sulfonamides is 1. The molecule has 20 heavy (non-hydrogen) atoms. The van der Waals surface area contributed by atoms with Crippen LogP contribution < -0.4 is 5.32 Å². The highest BCUT2D eigenvalue weighted by Gasteiger charge is 2.22. The summed E-state index contributed by atoms with van der Waals surface area (Å²) < 4.78 is 29.9. The van der Waals surface area contributed by atoms with E-state index in [-0.39, 0.29) is 18.1 Å². The Morgan fingerprint density at radius 2 is 2.15 bits per heavy atom. The lowest BCUT2D eigenvalue weighted by atomic mass is 10.3. The van der Waals surface area contributed by atoms with Crippen LogP contribution in [0.25, 0.3) is 0 Å². The summed E-state index contributed by atoms with van der Waals surface area (Å²) in [6, 6.07) is 1.57. The van der Waals surface area contributed by atoms with Crippen LogP contribution in [0.3, 0.4) is 0 Å². The number of carbonyl (C=O) groups is 1. The predicted molar refractivity (Wildman–Crippen MR) is 75.8 cm³/mol. The van der Waals surface area contributed by atoms with Gasteiger partial charge in [0.2, 0.25) is 15.9 Å². The van der Waals surface area contributed by atoms with Crippen molar-refractivity contribution in [2.24, 2.45) is 0 Å². The highest BCUT2D eigenvalue weighted by Crippen LogP contribution is 2.09. The SMILES string of the molecule is CCCCN(CC(=O)Nc1cc(C)on1)S(=O)(=O)CC. The average molecular weight is 303 g/mol. The third kappa shape index (κ3) is 4.93. The van der Waals surface area contributed by atoms with E-state index in [0.717, 1.165) is 12.8 Å². The molecule has 0 spiro atoms. The number of amides is 1. The molecule has 0 aromatic carbocycles. The molecule has 1 N–H and O–H groups in total. The minimum atomic E-state index is -3.39. The van der Waals surface area contributed by atoms with Gasteiger partial charge in [0.05, 0.1) is 12.3 Å². The van der Waals surface area contributed by atoms with Crippen molar-refractivity contribution < 1.29 is 17.7 Å². The van der Waals surface area contributed by atoms with Crippen molar-refractivity contribution in [3.05, 3.63) is 11.8 Å². The van der Waals surface area contributed by atoms with E-state index in [1.165, 1.54) is 4.31 Å². The molecule has 1 amide bonds. The number of anilines is 1. The predicted octanol–water partition coefficient (Wildman–Crippen LogP) is 1.37. The molecule has 1 rings (SSSR count). The Hall–Kier alpha value is -1.41. The van der Waals surface area contributed by atoms with Crippen molar-refractivity contribution in [1.82, 2.24) is 9.46 Å². The monoisotopic (exact) mass is 303 g/mol. The first-order valence-electron chi connectivity index (χ1n) is 6.60. The molecule has 1 aromatic heterocycles. The molecule has 0 radical (unpaired) electrons. The van der Waals surface area contributed by atoms with Crippen molar-refractivity contribution >= 4 is 21.7 Å². The fourth-order valence-corrected chi connectivity index (χ4v) is 2.69. The van der Waals surface area contributed by atoms with E-state index in [1.807, 2.05) is 6.92 Å². The van der Waals surface area contributed by atoms with Gasteiger partial charge in [-0.05, 0) is 20.3 Å². The number of carbonyl (C=O) groups excluding carboxylic acids is 1. The van der Waals surface area contributed by atoms with Gasteiger partial charge in [0.15, 0.2) is 5.82 Å². The number of unbranched alkanes of at least 4 members (excludes halogenated alkanes) is 1. The Balaban J connectivity index is 2.66. The van der Waals surface area contributed by atoms with Gasteiger partial charge < -0.3 is 9.84 Å². The molecule has 0 fully saturated rings. The van der Waals surface area contributed by atoms with E-state index in [4.69, 9.17) is 4.52 Å². The van der Waals surface area contributed by atoms with E-state index >= 15 is 0 Å². The summed E-state index contributed by atoms with van der Waals surface area (Å²) in [6.07, 6.45) is 1.58. The first kappa shape index (κ1) is 16.6. The van der Waals surface area contributed by atoms with E-state index in [0.29, 0.717) is 12.3 Å². The minimum Gasteiger partial charge on any atom is -0.360 e. The number of nitrogens with zero attached hydrogens (tertiary/aromatic N) is 2. The second-order valence-electron chi connectivity index (χ2n) is 4.46. The van der Waals surface area contributed by atoms with Gasteiger partial charge in [-0.25, -0.2) is 8.42 Å². The normalized spacial score (nSPS) is 11.8. The number of nitrogens with one attached hydrogen (secondary N) is 1. The smallest absolute Gasteiger partial charge is 0.240 e. The van der Waals surface area contributed by atoms with Crippen LogP contribution in [0, 0.1) is 6.92 Å². The van der Waals surface area contributed by atoms with Crippen molar-refractivity contribution in [1.29, 1.82) is 0 Å². The van der Waals surface area contributed by atoms with E-state index < -0.39 is 15.9 Å². The number of aryl methyl sites for hydroxylation is 1. The van der Waals surface area contributed by atoms with Crippen molar-refractivity contribution in [2.45, 2.75) is 33.6 Å². The molecule has 8 heteroatoms. The molecule has 0 unspecified atom stereocenters. The molecule has 0 aliphatic rings. The zero-order valence-corrected chi connectivity index (χ0v) is 12.9. The van der Waals surface area contributed by atoms with Crippen LogP contribution in [-0.4, -0.2) is 42.6 Å². The summed E-state index contributed by atoms with van der Waals surface area (Å²) in [5, 5.41) is 6.15. The Labute approximate surface area is 119 Å². The maximum absolute atomic E-state index is 11.9. The van der Waals surface area contributed by atoms with Gasteiger partial charge in [0.25, 0.3) is 0 Å². The molecule has 0 atom stereocenters. The summed E-state index contributed by atoms with van der Waals surface area (Å²) in [5.74, 6) is 0.417. The van der Waals surface area contributed by atoms with Gasteiger partial charge in [-0.15, -0.1) is 0 Å². The number of hydrogen-bond acceptors (Lipinski definition) is 5. The fraction of sp³-hybridized carbons (Fsp3) is 0.667. The molecular weight excluding hydrogens is 282 g/mol. The van der Waals surface area contributed by atoms with E-state index in [1.54, 1.807) is 19.9 Å². The standard InChI is InChI=1S/C12H21N3O4S/c1-4-6-7-15(20(17,18)5-2)9-12(16)13-11-8-10(3)19-14-11/h8H,4-7,9H2,1-3H3,(H,13,14,16). The summed E-state index contributed by atoms with van der Waals surface area (Å²) >= 11 is 0. The average Bonchev–Trinajstić information content (AvgIpc) is 2.79. The van der Waals surface area contributed by atoms with Crippen LogP contribution in [0.15, 0.2) is 10.6 Å². The number of hydrogen-bond donors (Lipinski definition) is 1. The molecule has 0 aliphatic heterocycles. The summed E-state index contributed by atoms with van der Waals surface area (Å²) in [6.45, 7) is 5.37. The molecule has 0 saturated heterocycles. The largest absolute Gasteiger partial charge is 0.360 e. The van der Waals surface area contributed by atoms with Crippen molar-refractivity contribution in [3.63, 3.8) is 0 Å². The van der Waals surface area contributed by atoms with Crippen LogP contribution in [0.1, 0.15) is 32.4 Å². The third-order valence-corrected chi connectivity index (χ3v) is 4.56. The zero-order valence-electron chi connectivity index (χ0n) is 12.0. The Bertz CT molecular complexity index is 539.